The normalized spacial score (nSPS) is 11.7. The zero-order valence-electron chi connectivity index (χ0n) is 9.51. The third-order valence-electron chi connectivity index (χ3n) is 2.15. The van der Waals surface area contributed by atoms with Gasteiger partial charge in [-0.05, 0) is 18.2 Å². The van der Waals surface area contributed by atoms with E-state index >= 15 is 0 Å². The Morgan fingerprint density at radius 1 is 1.50 bits per heavy atom. The minimum atomic E-state index is -1.65. The molecule has 98 valence electrons. The van der Waals surface area contributed by atoms with Crippen molar-refractivity contribution in [2.45, 2.75) is 6.10 Å². The molecule has 1 atom stereocenters. The third kappa shape index (κ3) is 3.61. The molecule has 0 bridgehead atoms. The van der Waals surface area contributed by atoms with Gasteiger partial charge >= 0.3 is 5.97 Å². The Morgan fingerprint density at radius 3 is 2.72 bits per heavy atom. The van der Waals surface area contributed by atoms with Crippen molar-refractivity contribution in [3.63, 3.8) is 0 Å². The molecule has 0 aliphatic heterocycles. The van der Waals surface area contributed by atoms with E-state index in [1.807, 2.05) is 0 Å². The van der Waals surface area contributed by atoms with E-state index in [0.29, 0.717) is 5.02 Å². The average Bonchev–Trinajstić information content (AvgIpc) is 2.34. The Labute approximate surface area is 108 Å². The number of aliphatic carboxylic acids is 1. The number of carbonyl (C=O) groups is 2. The van der Waals surface area contributed by atoms with Crippen LogP contribution in [-0.2, 0) is 4.79 Å². The maximum atomic E-state index is 11.7. The predicted octanol–water partition coefficient (Wildman–Crippen LogP) is 0.524. The summed E-state index contributed by atoms with van der Waals surface area (Å²) in [6, 6.07) is 4.42. The van der Waals surface area contributed by atoms with E-state index in [2.05, 4.69) is 5.32 Å². The summed E-state index contributed by atoms with van der Waals surface area (Å²) in [5.41, 5.74) is 0.208. The molecular weight excluding hydrogens is 262 g/mol. The lowest BCUT2D eigenvalue weighted by molar-refractivity contribution is -0.146. The number of nitrogens with one attached hydrogen (secondary N) is 1. The van der Waals surface area contributed by atoms with Crippen molar-refractivity contribution in [3.8, 4) is 5.75 Å². The number of hydrogen-bond donors (Lipinski definition) is 3. The number of aliphatic hydroxyl groups is 1. The van der Waals surface area contributed by atoms with Gasteiger partial charge in [0.1, 0.15) is 5.75 Å². The molecule has 1 aromatic carbocycles. The van der Waals surface area contributed by atoms with E-state index in [-0.39, 0.29) is 17.9 Å². The van der Waals surface area contributed by atoms with Gasteiger partial charge in [-0.25, -0.2) is 4.79 Å². The topological polar surface area (TPSA) is 95.9 Å². The van der Waals surface area contributed by atoms with Gasteiger partial charge in [0.15, 0.2) is 6.10 Å². The van der Waals surface area contributed by atoms with E-state index < -0.39 is 18.0 Å². The van der Waals surface area contributed by atoms with Crippen LogP contribution in [0.5, 0.6) is 5.75 Å². The van der Waals surface area contributed by atoms with Crippen LogP contribution < -0.4 is 10.1 Å². The van der Waals surface area contributed by atoms with Gasteiger partial charge in [0, 0.05) is 5.02 Å². The van der Waals surface area contributed by atoms with Crippen LogP contribution in [0.2, 0.25) is 5.02 Å². The van der Waals surface area contributed by atoms with E-state index in [4.69, 9.17) is 26.6 Å². The number of hydrogen-bond acceptors (Lipinski definition) is 4. The first-order chi connectivity index (χ1) is 8.45. The highest BCUT2D eigenvalue weighted by Gasteiger charge is 2.17. The standard InChI is InChI=1S/C11H12ClNO5/c1-18-9-4-6(12)2-3-7(9)10(15)13-5-8(14)11(16)17/h2-4,8,14H,5H2,1H3,(H,13,15)(H,16,17)/t8-/m0/s1. The molecule has 1 rings (SSSR count). The molecule has 0 aliphatic rings. The number of methoxy groups -OCH3 is 1. The first kappa shape index (κ1) is 14.3. The third-order valence-corrected chi connectivity index (χ3v) is 2.38. The Hall–Kier alpha value is -1.79. The number of carbonyl (C=O) groups excluding carboxylic acids is 1. The molecule has 0 saturated heterocycles. The largest absolute Gasteiger partial charge is 0.496 e. The van der Waals surface area contributed by atoms with E-state index in [1.165, 1.54) is 25.3 Å². The van der Waals surface area contributed by atoms with Crippen LogP contribution in [0.25, 0.3) is 0 Å². The van der Waals surface area contributed by atoms with Crippen molar-refractivity contribution in [2.75, 3.05) is 13.7 Å². The van der Waals surface area contributed by atoms with Gasteiger partial charge in [-0.3, -0.25) is 4.79 Å². The molecular formula is C11H12ClNO5. The highest BCUT2D eigenvalue weighted by Crippen LogP contribution is 2.22. The summed E-state index contributed by atoms with van der Waals surface area (Å²) in [7, 11) is 1.38. The van der Waals surface area contributed by atoms with Crippen LogP contribution in [-0.4, -0.2) is 41.8 Å². The van der Waals surface area contributed by atoms with Crippen molar-refractivity contribution in [2.24, 2.45) is 0 Å². The number of aliphatic hydroxyl groups excluding tert-OH is 1. The summed E-state index contributed by atoms with van der Waals surface area (Å²) in [6.45, 7) is -0.389. The molecule has 1 aromatic rings. The average molecular weight is 274 g/mol. The Kier molecular flexibility index (Phi) is 4.94. The van der Waals surface area contributed by atoms with Crippen molar-refractivity contribution in [1.29, 1.82) is 0 Å². The van der Waals surface area contributed by atoms with Gasteiger partial charge in [0.25, 0.3) is 5.91 Å². The van der Waals surface area contributed by atoms with Crippen molar-refractivity contribution in [1.82, 2.24) is 5.32 Å². The second kappa shape index (κ2) is 6.23. The minimum absolute atomic E-state index is 0.208. The van der Waals surface area contributed by atoms with Gasteiger partial charge in [-0.15, -0.1) is 0 Å². The number of halogens is 1. The summed E-state index contributed by atoms with van der Waals surface area (Å²) in [5.74, 6) is -1.69. The number of carboxylic acids is 1. The maximum absolute atomic E-state index is 11.7. The van der Waals surface area contributed by atoms with E-state index in [1.54, 1.807) is 0 Å². The molecule has 0 spiro atoms. The van der Waals surface area contributed by atoms with Crippen molar-refractivity contribution < 1.29 is 24.5 Å². The molecule has 0 aromatic heterocycles. The quantitative estimate of drug-likeness (QED) is 0.727. The number of rotatable bonds is 5. The zero-order valence-corrected chi connectivity index (χ0v) is 10.3. The zero-order chi connectivity index (χ0) is 13.7. The molecule has 0 radical (unpaired) electrons. The van der Waals surface area contributed by atoms with E-state index in [9.17, 15) is 9.59 Å². The molecule has 0 fully saturated rings. The highest BCUT2D eigenvalue weighted by molar-refractivity contribution is 6.30. The monoisotopic (exact) mass is 273 g/mol. The van der Waals surface area contributed by atoms with E-state index in [0.717, 1.165) is 0 Å². The fourth-order valence-electron chi connectivity index (χ4n) is 1.22. The second-order valence-corrected chi connectivity index (χ2v) is 3.85. The Morgan fingerprint density at radius 2 is 2.17 bits per heavy atom. The number of amides is 1. The van der Waals surface area contributed by atoms with Crippen LogP contribution >= 0.6 is 11.6 Å². The molecule has 7 heteroatoms. The summed E-state index contributed by atoms with van der Waals surface area (Å²) in [4.78, 5) is 22.1. The molecule has 1 amide bonds. The summed E-state index contributed by atoms with van der Waals surface area (Å²) < 4.78 is 4.98. The van der Waals surface area contributed by atoms with Gasteiger partial charge in [0.2, 0.25) is 0 Å². The molecule has 6 nitrogen and oxygen atoms in total. The first-order valence-electron chi connectivity index (χ1n) is 4.98. The number of benzene rings is 1. The molecule has 0 heterocycles. The molecule has 0 unspecified atom stereocenters. The number of carboxylic acid groups (broad SMARTS) is 1. The van der Waals surface area contributed by atoms with Gasteiger partial charge < -0.3 is 20.3 Å². The molecule has 18 heavy (non-hydrogen) atoms. The lowest BCUT2D eigenvalue weighted by Gasteiger charge is -2.10. The highest BCUT2D eigenvalue weighted by atomic mass is 35.5. The van der Waals surface area contributed by atoms with Gasteiger partial charge in [-0.1, -0.05) is 11.6 Å². The fourth-order valence-corrected chi connectivity index (χ4v) is 1.39. The van der Waals surface area contributed by atoms with Crippen LogP contribution in [0, 0.1) is 0 Å². The van der Waals surface area contributed by atoms with Gasteiger partial charge in [-0.2, -0.15) is 0 Å². The Bertz CT molecular complexity index is 463. The molecule has 0 saturated carbocycles. The predicted molar refractivity (Wildman–Crippen MR) is 64.0 cm³/mol. The smallest absolute Gasteiger partial charge is 0.334 e. The molecule has 3 N–H and O–H groups in total. The first-order valence-corrected chi connectivity index (χ1v) is 5.36. The summed E-state index contributed by atoms with van der Waals surface area (Å²) >= 11 is 5.74. The van der Waals surface area contributed by atoms with Crippen molar-refractivity contribution in [3.05, 3.63) is 28.8 Å². The summed E-state index contributed by atoms with van der Waals surface area (Å²) in [5, 5.41) is 20.2. The lowest BCUT2D eigenvalue weighted by atomic mass is 10.2. The fraction of sp³-hybridized carbons (Fsp3) is 0.273. The second-order valence-electron chi connectivity index (χ2n) is 3.41. The summed E-state index contributed by atoms with van der Waals surface area (Å²) in [6.07, 6.45) is -1.65. The van der Waals surface area contributed by atoms with Crippen molar-refractivity contribution >= 4 is 23.5 Å². The minimum Gasteiger partial charge on any atom is -0.496 e. The van der Waals surface area contributed by atoms with Crippen LogP contribution in [0.1, 0.15) is 10.4 Å². The van der Waals surface area contributed by atoms with Crippen LogP contribution in [0.3, 0.4) is 0 Å². The van der Waals surface area contributed by atoms with Gasteiger partial charge in [0.05, 0.1) is 19.2 Å². The molecule has 0 aliphatic carbocycles. The van der Waals surface area contributed by atoms with Crippen LogP contribution in [0.15, 0.2) is 18.2 Å². The SMILES string of the molecule is COc1cc(Cl)ccc1C(=O)NC[C@H](O)C(=O)O. The maximum Gasteiger partial charge on any atom is 0.334 e. The number of ether oxygens (including phenoxy) is 1. The van der Waals surface area contributed by atoms with Crippen LogP contribution in [0.4, 0.5) is 0 Å². The Balaban J connectivity index is 2.75. The lowest BCUT2D eigenvalue weighted by Crippen LogP contribution is -2.36.